The molecule has 19 heavy (non-hydrogen) atoms. The Balaban J connectivity index is 2.31. The quantitative estimate of drug-likeness (QED) is 0.906. The lowest BCUT2D eigenvalue weighted by molar-refractivity contribution is 0.282. The highest BCUT2D eigenvalue weighted by Crippen LogP contribution is 2.37. The molecule has 3 heteroatoms. The minimum atomic E-state index is 0.109. The van der Waals surface area contributed by atoms with E-state index in [1.54, 1.807) is 0 Å². The van der Waals surface area contributed by atoms with E-state index < -0.39 is 0 Å². The Morgan fingerprint density at radius 3 is 2.84 bits per heavy atom. The zero-order valence-corrected chi connectivity index (χ0v) is 11.9. The number of hydrogen-bond donors (Lipinski definition) is 1. The Morgan fingerprint density at radius 2 is 2.16 bits per heavy atom. The smallest absolute Gasteiger partial charge is 0.101 e. The van der Waals surface area contributed by atoms with E-state index in [2.05, 4.69) is 30.9 Å². The molecule has 0 bridgehead atoms. The number of nitrogens with two attached hydrogens (primary N) is 1. The molecule has 1 atom stereocenters. The van der Waals surface area contributed by atoms with Crippen molar-refractivity contribution in [2.45, 2.75) is 38.6 Å². The molecule has 2 N–H and O–H groups in total. The number of para-hydroxylation sites is 1. The molecule has 1 aromatic rings. The predicted molar refractivity (Wildman–Crippen MR) is 79.0 cm³/mol. The highest BCUT2D eigenvalue weighted by molar-refractivity contribution is 5.61. The number of piperidine rings is 1. The van der Waals surface area contributed by atoms with Crippen molar-refractivity contribution in [3.63, 3.8) is 0 Å². The van der Waals surface area contributed by atoms with Gasteiger partial charge in [0.05, 0.1) is 11.3 Å². The molecular weight excluding hydrogens is 234 g/mol. The Bertz CT molecular complexity index is 473. The van der Waals surface area contributed by atoms with Crippen LogP contribution in [0.25, 0.3) is 0 Å². The van der Waals surface area contributed by atoms with Crippen LogP contribution >= 0.6 is 0 Å². The van der Waals surface area contributed by atoms with Crippen molar-refractivity contribution >= 4 is 5.69 Å². The van der Waals surface area contributed by atoms with E-state index in [1.807, 2.05) is 18.2 Å². The highest BCUT2D eigenvalue weighted by Gasteiger charge is 2.34. The van der Waals surface area contributed by atoms with Gasteiger partial charge in [0.2, 0.25) is 0 Å². The summed E-state index contributed by atoms with van der Waals surface area (Å²) in [6, 6.07) is 10.2. The molecule has 3 nitrogen and oxygen atoms in total. The number of benzene rings is 1. The van der Waals surface area contributed by atoms with E-state index in [9.17, 15) is 5.26 Å². The first-order valence-corrected chi connectivity index (χ1v) is 7.05. The second-order valence-corrected chi connectivity index (χ2v) is 6.03. The lowest BCUT2D eigenvalue weighted by Crippen LogP contribution is -2.51. The summed E-state index contributed by atoms with van der Waals surface area (Å²) in [5, 5.41) is 9.29. The second kappa shape index (κ2) is 5.63. The first kappa shape index (κ1) is 13.9. The van der Waals surface area contributed by atoms with Crippen LogP contribution in [0.2, 0.25) is 0 Å². The molecule has 0 amide bonds. The summed E-state index contributed by atoms with van der Waals surface area (Å²) in [7, 11) is 0. The molecule has 2 rings (SSSR count). The zero-order valence-electron chi connectivity index (χ0n) is 11.9. The molecule has 1 aliphatic heterocycles. The Hall–Kier alpha value is -1.53. The highest BCUT2D eigenvalue weighted by atomic mass is 15.2. The van der Waals surface area contributed by atoms with Crippen LogP contribution in [0, 0.1) is 17.2 Å². The van der Waals surface area contributed by atoms with Gasteiger partial charge in [0.1, 0.15) is 6.07 Å². The monoisotopic (exact) mass is 257 g/mol. The van der Waals surface area contributed by atoms with Gasteiger partial charge in [0, 0.05) is 12.1 Å². The molecule has 0 aliphatic carbocycles. The summed E-state index contributed by atoms with van der Waals surface area (Å²) < 4.78 is 0. The van der Waals surface area contributed by atoms with E-state index in [0.717, 1.165) is 37.2 Å². The minimum Gasteiger partial charge on any atom is -0.365 e. The summed E-state index contributed by atoms with van der Waals surface area (Å²) in [4.78, 5) is 2.40. The average Bonchev–Trinajstić information content (AvgIpc) is 2.41. The molecular formula is C16H23N3. The fourth-order valence-electron chi connectivity index (χ4n) is 2.99. The van der Waals surface area contributed by atoms with Crippen LogP contribution in [0.4, 0.5) is 5.69 Å². The van der Waals surface area contributed by atoms with Gasteiger partial charge >= 0.3 is 0 Å². The summed E-state index contributed by atoms with van der Waals surface area (Å²) in [6.45, 7) is 6.28. The topological polar surface area (TPSA) is 53.0 Å². The van der Waals surface area contributed by atoms with Crippen LogP contribution in [0.1, 0.15) is 38.7 Å². The van der Waals surface area contributed by atoms with Crippen molar-refractivity contribution < 1.29 is 0 Å². The van der Waals surface area contributed by atoms with Crippen molar-refractivity contribution in [3.05, 3.63) is 29.8 Å². The number of hydrogen-bond acceptors (Lipinski definition) is 3. The van der Waals surface area contributed by atoms with Crippen LogP contribution in [0.3, 0.4) is 0 Å². The third-order valence-corrected chi connectivity index (χ3v) is 4.23. The SMILES string of the molecule is CC1(C)CCC(CCN)CN1c1ccccc1C#N. The maximum absolute atomic E-state index is 9.29. The number of rotatable bonds is 3. The van der Waals surface area contributed by atoms with Crippen molar-refractivity contribution in [1.29, 1.82) is 5.26 Å². The Labute approximate surface area is 116 Å². The van der Waals surface area contributed by atoms with Gasteiger partial charge in [-0.2, -0.15) is 5.26 Å². The van der Waals surface area contributed by atoms with Crippen molar-refractivity contribution in [2.24, 2.45) is 11.7 Å². The molecule has 0 spiro atoms. The average molecular weight is 257 g/mol. The normalized spacial score (nSPS) is 22.0. The summed E-state index contributed by atoms with van der Waals surface area (Å²) in [5.74, 6) is 0.643. The van der Waals surface area contributed by atoms with Crippen molar-refractivity contribution in [3.8, 4) is 6.07 Å². The predicted octanol–water partition coefficient (Wildman–Crippen LogP) is 2.90. The number of nitrogens with zero attached hydrogens (tertiary/aromatic N) is 2. The molecule has 1 aliphatic rings. The van der Waals surface area contributed by atoms with E-state index >= 15 is 0 Å². The van der Waals surface area contributed by atoms with Crippen LogP contribution in [0.15, 0.2) is 24.3 Å². The summed E-state index contributed by atoms with van der Waals surface area (Å²) in [6.07, 6.45) is 3.45. The molecule has 1 saturated heterocycles. The van der Waals surface area contributed by atoms with E-state index in [0.29, 0.717) is 5.92 Å². The molecule has 1 heterocycles. The lowest BCUT2D eigenvalue weighted by atomic mass is 9.82. The fraction of sp³-hybridized carbons (Fsp3) is 0.562. The van der Waals surface area contributed by atoms with E-state index in [4.69, 9.17) is 5.73 Å². The maximum atomic E-state index is 9.29. The molecule has 1 unspecified atom stereocenters. The summed E-state index contributed by atoms with van der Waals surface area (Å²) >= 11 is 0. The van der Waals surface area contributed by atoms with Crippen molar-refractivity contribution in [1.82, 2.24) is 0 Å². The van der Waals surface area contributed by atoms with Gasteiger partial charge in [-0.15, -0.1) is 0 Å². The van der Waals surface area contributed by atoms with Crippen LogP contribution < -0.4 is 10.6 Å². The van der Waals surface area contributed by atoms with Crippen LogP contribution in [0.5, 0.6) is 0 Å². The third kappa shape index (κ3) is 2.90. The Kier molecular flexibility index (Phi) is 4.11. The van der Waals surface area contributed by atoms with E-state index in [1.165, 1.54) is 6.42 Å². The molecule has 1 fully saturated rings. The van der Waals surface area contributed by atoms with Gasteiger partial charge in [-0.1, -0.05) is 12.1 Å². The zero-order chi connectivity index (χ0) is 13.9. The number of anilines is 1. The standard InChI is InChI=1S/C16H23N3/c1-16(2)9-7-13(8-10-17)12-19(16)15-6-4-3-5-14(15)11-18/h3-6,13H,7-10,12,17H2,1-2H3. The van der Waals surface area contributed by atoms with E-state index in [-0.39, 0.29) is 5.54 Å². The first-order chi connectivity index (χ1) is 9.08. The Morgan fingerprint density at radius 1 is 1.42 bits per heavy atom. The maximum Gasteiger partial charge on any atom is 0.101 e. The fourth-order valence-corrected chi connectivity index (χ4v) is 2.99. The van der Waals surface area contributed by atoms with Crippen LogP contribution in [-0.2, 0) is 0 Å². The van der Waals surface area contributed by atoms with Gasteiger partial charge in [-0.05, 0) is 57.7 Å². The molecule has 102 valence electrons. The minimum absolute atomic E-state index is 0.109. The summed E-state index contributed by atoms with van der Waals surface area (Å²) in [5.41, 5.74) is 7.64. The van der Waals surface area contributed by atoms with Gasteiger partial charge in [0.15, 0.2) is 0 Å². The van der Waals surface area contributed by atoms with Crippen molar-refractivity contribution in [2.75, 3.05) is 18.0 Å². The molecule has 0 radical (unpaired) electrons. The van der Waals surface area contributed by atoms with Gasteiger partial charge in [-0.25, -0.2) is 0 Å². The van der Waals surface area contributed by atoms with Gasteiger partial charge in [-0.3, -0.25) is 0 Å². The third-order valence-electron chi connectivity index (χ3n) is 4.23. The molecule has 0 aromatic heterocycles. The number of nitriles is 1. The first-order valence-electron chi connectivity index (χ1n) is 7.05. The lowest BCUT2D eigenvalue weighted by Gasteiger charge is -2.47. The molecule has 0 saturated carbocycles. The van der Waals surface area contributed by atoms with Gasteiger partial charge in [0.25, 0.3) is 0 Å². The van der Waals surface area contributed by atoms with Crippen LogP contribution in [-0.4, -0.2) is 18.6 Å². The second-order valence-electron chi connectivity index (χ2n) is 6.03. The largest absolute Gasteiger partial charge is 0.365 e. The van der Waals surface area contributed by atoms with Gasteiger partial charge < -0.3 is 10.6 Å². The molecule has 1 aromatic carbocycles.